The molecule has 0 radical (unpaired) electrons. The monoisotopic (exact) mass is 358 g/mol. The number of amides is 1. The van der Waals surface area contributed by atoms with Crippen LogP contribution < -0.4 is 5.32 Å². The van der Waals surface area contributed by atoms with Crippen LogP contribution in [0.5, 0.6) is 0 Å². The van der Waals surface area contributed by atoms with Crippen molar-refractivity contribution in [2.75, 3.05) is 18.9 Å². The smallest absolute Gasteiger partial charge is 0.339 e. The quantitative estimate of drug-likeness (QED) is 0.830. The zero-order valence-corrected chi connectivity index (χ0v) is 15.1. The van der Waals surface area contributed by atoms with Gasteiger partial charge in [-0.25, -0.2) is 4.79 Å². The lowest BCUT2D eigenvalue weighted by Crippen LogP contribution is -2.30. The number of carboxylic acids is 1. The van der Waals surface area contributed by atoms with E-state index in [0.29, 0.717) is 17.1 Å². The summed E-state index contributed by atoms with van der Waals surface area (Å²) in [5, 5.41) is 12.9. The van der Waals surface area contributed by atoms with Crippen LogP contribution in [-0.4, -0.2) is 35.5 Å². The van der Waals surface area contributed by atoms with Gasteiger partial charge in [-0.15, -0.1) is 11.3 Å². The van der Waals surface area contributed by atoms with Crippen LogP contribution in [0.2, 0.25) is 0 Å². The Hall–Kier alpha value is -2.18. The number of aryl methyl sites for hydroxylation is 1. The van der Waals surface area contributed by atoms with Crippen LogP contribution in [0.15, 0.2) is 30.3 Å². The predicted molar refractivity (Wildman–Crippen MR) is 99.3 cm³/mol. The number of hydrogen-bond donors (Lipinski definition) is 2. The molecule has 1 aromatic carbocycles. The fraction of sp³-hybridized carbons (Fsp3) is 0.368. The number of hydrogen-bond acceptors (Lipinski definition) is 4. The Morgan fingerprint density at radius 1 is 1.20 bits per heavy atom. The number of carboxylic acid groups (broad SMARTS) is 1. The number of nitrogens with zero attached hydrogens (tertiary/aromatic N) is 1. The molecule has 0 fully saturated rings. The first-order valence-electron chi connectivity index (χ1n) is 8.44. The van der Waals surface area contributed by atoms with Gasteiger partial charge in [-0.2, -0.15) is 0 Å². The molecule has 0 bridgehead atoms. The summed E-state index contributed by atoms with van der Waals surface area (Å²) in [4.78, 5) is 27.0. The Kier molecular flexibility index (Phi) is 5.50. The molecular weight excluding hydrogens is 336 g/mol. The molecule has 132 valence electrons. The Bertz CT molecular complexity index is 770. The molecule has 0 spiro atoms. The maximum absolute atomic E-state index is 12.4. The second kappa shape index (κ2) is 7.80. The summed E-state index contributed by atoms with van der Waals surface area (Å²) in [6.07, 6.45) is 3.79. The van der Waals surface area contributed by atoms with Crippen LogP contribution in [0.1, 0.15) is 39.2 Å². The molecule has 1 aromatic heterocycles. The Morgan fingerprint density at radius 2 is 1.92 bits per heavy atom. The van der Waals surface area contributed by atoms with E-state index in [4.69, 9.17) is 0 Å². The highest BCUT2D eigenvalue weighted by Gasteiger charge is 2.26. The number of nitrogens with one attached hydrogen (secondary N) is 1. The van der Waals surface area contributed by atoms with Gasteiger partial charge in [0.1, 0.15) is 5.00 Å². The molecule has 3 rings (SSSR count). The average Bonchev–Trinajstić information content (AvgIpc) is 2.93. The summed E-state index contributed by atoms with van der Waals surface area (Å²) in [6.45, 7) is 0.886. The van der Waals surface area contributed by atoms with Crippen molar-refractivity contribution in [3.8, 4) is 0 Å². The molecule has 0 saturated heterocycles. The van der Waals surface area contributed by atoms with Gasteiger partial charge in [0.15, 0.2) is 0 Å². The van der Waals surface area contributed by atoms with Crippen molar-refractivity contribution in [3.05, 3.63) is 51.9 Å². The lowest BCUT2D eigenvalue weighted by molar-refractivity contribution is -0.117. The van der Waals surface area contributed by atoms with Gasteiger partial charge in [-0.3, -0.25) is 9.69 Å². The second-order valence-corrected chi connectivity index (χ2v) is 7.53. The van der Waals surface area contributed by atoms with E-state index >= 15 is 0 Å². The molecule has 1 amide bonds. The summed E-state index contributed by atoms with van der Waals surface area (Å²) in [5.41, 5.74) is 2.34. The molecule has 5 nitrogen and oxygen atoms in total. The van der Waals surface area contributed by atoms with Crippen LogP contribution in [0, 0.1) is 0 Å². The van der Waals surface area contributed by atoms with Gasteiger partial charge in [0, 0.05) is 11.4 Å². The molecule has 1 aliphatic rings. The summed E-state index contributed by atoms with van der Waals surface area (Å²) < 4.78 is 0. The third-order valence-electron chi connectivity index (χ3n) is 4.35. The summed E-state index contributed by atoms with van der Waals surface area (Å²) in [5.74, 6) is -1.13. The molecule has 0 saturated carbocycles. The van der Waals surface area contributed by atoms with Gasteiger partial charge in [0.25, 0.3) is 0 Å². The Labute approximate surface area is 151 Å². The normalized spacial score (nSPS) is 13.5. The van der Waals surface area contributed by atoms with Crippen molar-refractivity contribution in [1.82, 2.24) is 4.90 Å². The minimum Gasteiger partial charge on any atom is -0.478 e. The maximum atomic E-state index is 12.4. The Morgan fingerprint density at radius 3 is 2.64 bits per heavy atom. The van der Waals surface area contributed by atoms with Crippen LogP contribution in [-0.2, 0) is 24.2 Å². The summed E-state index contributed by atoms with van der Waals surface area (Å²) in [7, 11) is 1.88. The van der Waals surface area contributed by atoms with E-state index in [-0.39, 0.29) is 12.5 Å². The number of anilines is 1. The van der Waals surface area contributed by atoms with Crippen LogP contribution in [0.3, 0.4) is 0 Å². The lowest BCUT2D eigenvalue weighted by Gasteiger charge is -2.16. The first-order valence-corrected chi connectivity index (χ1v) is 9.26. The first kappa shape index (κ1) is 17.6. The number of carbonyl (C=O) groups excluding carboxylic acids is 1. The van der Waals surface area contributed by atoms with Gasteiger partial charge in [0.05, 0.1) is 12.1 Å². The molecule has 0 aliphatic heterocycles. The van der Waals surface area contributed by atoms with Gasteiger partial charge < -0.3 is 10.4 Å². The molecule has 0 atom stereocenters. The topological polar surface area (TPSA) is 69.6 Å². The number of benzene rings is 1. The fourth-order valence-electron chi connectivity index (χ4n) is 3.24. The minimum absolute atomic E-state index is 0.181. The molecule has 0 unspecified atom stereocenters. The molecule has 1 heterocycles. The largest absolute Gasteiger partial charge is 0.478 e. The van der Waals surface area contributed by atoms with Crippen molar-refractivity contribution in [2.45, 2.75) is 32.2 Å². The van der Waals surface area contributed by atoms with Gasteiger partial charge in [-0.05, 0) is 43.9 Å². The highest BCUT2D eigenvalue weighted by Crippen LogP contribution is 2.38. The molecule has 25 heavy (non-hydrogen) atoms. The highest BCUT2D eigenvalue weighted by atomic mass is 32.1. The second-order valence-electron chi connectivity index (χ2n) is 6.43. The van der Waals surface area contributed by atoms with E-state index in [0.717, 1.165) is 41.7 Å². The maximum Gasteiger partial charge on any atom is 0.339 e. The summed E-state index contributed by atoms with van der Waals surface area (Å²) >= 11 is 1.42. The van der Waals surface area contributed by atoms with Crippen molar-refractivity contribution < 1.29 is 14.7 Å². The number of rotatable bonds is 6. The number of fused-ring (bicyclic) bond motifs is 1. The average molecular weight is 358 g/mol. The molecule has 1 aliphatic carbocycles. The standard InChI is InChI=1S/C19H22N2O3S/c1-21(11-13-7-3-2-4-8-13)12-16(22)20-18-17(19(23)24)14-9-5-6-10-15(14)25-18/h2-4,7-8H,5-6,9-12H2,1H3,(H,20,22)(H,23,24). The number of likely N-dealkylation sites (N-methyl/N-ethyl adjacent to an activating group) is 1. The van der Waals surface area contributed by atoms with E-state index in [2.05, 4.69) is 5.32 Å². The zero-order valence-electron chi connectivity index (χ0n) is 14.2. The van der Waals surface area contributed by atoms with Gasteiger partial charge in [-0.1, -0.05) is 30.3 Å². The summed E-state index contributed by atoms with van der Waals surface area (Å²) in [6, 6.07) is 9.94. The lowest BCUT2D eigenvalue weighted by atomic mass is 9.95. The highest BCUT2D eigenvalue weighted by molar-refractivity contribution is 7.17. The van der Waals surface area contributed by atoms with Crippen LogP contribution in [0.4, 0.5) is 5.00 Å². The van der Waals surface area contributed by atoms with E-state index in [1.54, 1.807) is 0 Å². The number of aromatic carboxylic acids is 1. The third kappa shape index (κ3) is 4.27. The molecular formula is C19H22N2O3S. The van der Waals surface area contributed by atoms with Gasteiger partial charge >= 0.3 is 5.97 Å². The number of carbonyl (C=O) groups is 2. The van der Waals surface area contributed by atoms with Crippen molar-refractivity contribution in [3.63, 3.8) is 0 Å². The molecule has 2 N–H and O–H groups in total. The third-order valence-corrected chi connectivity index (χ3v) is 5.55. The van der Waals surface area contributed by atoms with E-state index < -0.39 is 5.97 Å². The zero-order chi connectivity index (χ0) is 17.8. The SMILES string of the molecule is CN(CC(=O)Nc1sc2c(c1C(=O)O)CCCC2)Cc1ccccc1. The minimum atomic E-state index is -0.952. The Balaban J connectivity index is 1.66. The van der Waals surface area contributed by atoms with Crippen molar-refractivity contribution in [1.29, 1.82) is 0 Å². The molecule has 2 aromatic rings. The predicted octanol–water partition coefficient (Wildman–Crippen LogP) is 3.40. The van der Waals surface area contributed by atoms with Crippen molar-refractivity contribution >= 4 is 28.2 Å². The molecule has 6 heteroatoms. The first-order chi connectivity index (χ1) is 12.0. The van der Waals surface area contributed by atoms with Crippen LogP contribution in [0.25, 0.3) is 0 Å². The van der Waals surface area contributed by atoms with E-state index in [9.17, 15) is 14.7 Å². The van der Waals surface area contributed by atoms with Crippen molar-refractivity contribution in [2.24, 2.45) is 0 Å². The fourth-order valence-corrected chi connectivity index (χ4v) is 4.54. The van der Waals surface area contributed by atoms with Gasteiger partial charge in [0.2, 0.25) is 5.91 Å². The van der Waals surface area contributed by atoms with E-state index in [1.165, 1.54) is 11.3 Å². The van der Waals surface area contributed by atoms with E-state index in [1.807, 2.05) is 42.3 Å². The van der Waals surface area contributed by atoms with Crippen LogP contribution >= 0.6 is 11.3 Å². The number of thiophene rings is 1.